The molecule has 1 aromatic heterocycles. The zero-order valence-corrected chi connectivity index (χ0v) is 12.4. The quantitative estimate of drug-likeness (QED) is 0.857. The molecule has 0 aliphatic heterocycles. The summed E-state index contributed by atoms with van der Waals surface area (Å²) in [7, 11) is -1.90. The van der Waals surface area contributed by atoms with Gasteiger partial charge in [0.2, 0.25) is 10.0 Å². The van der Waals surface area contributed by atoms with Crippen LogP contribution in [0.25, 0.3) is 0 Å². The second-order valence-corrected chi connectivity index (χ2v) is 6.80. The Balaban J connectivity index is 2.12. The van der Waals surface area contributed by atoms with E-state index in [2.05, 4.69) is 0 Å². The zero-order valence-electron chi connectivity index (χ0n) is 11.5. The van der Waals surface area contributed by atoms with Crippen molar-refractivity contribution in [3.8, 4) is 0 Å². The van der Waals surface area contributed by atoms with Gasteiger partial charge in [0.05, 0.1) is 12.3 Å². The standard InChI is InChI=1S/C14H18N2O3S/c1-11-7-8-13(19-11)9-16(2)20(17,18)10-12-5-3-4-6-14(12)15/h3-8H,9-10,15H2,1-2H3. The fourth-order valence-corrected chi connectivity index (χ4v) is 3.06. The van der Waals surface area contributed by atoms with Gasteiger partial charge in [0.1, 0.15) is 11.5 Å². The van der Waals surface area contributed by atoms with E-state index in [1.165, 1.54) is 11.4 Å². The molecule has 0 amide bonds. The molecule has 0 aliphatic rings. The van der Waals surface area contributed by atoms with Gasteiger partial charge in [-0.3, -0.25) is 0 Å². The molecule has 0 aliphatic carbocycles. The third kappa shape index (κ3) is 3.40. The van der Waals surface area contributed by atoms with Crippen molar-refractivity contribution in [1.82, 2.24) is 4.31 Å². The van der Waals surface area contributed by atoms with E-state index in [-0.39, 0.29) is 12.3 Å². The molecule has 1 heterocycles. The predicted octanol–water partition coefficient (Wildman–Crippen LogP) is 2.13. The van der Waals surface area contributed by atoms with Gasteiger partial charge in [-0.1, -0.05) is 18.2 Å². The van der Waals surface area contributed by atoms with Crippen molar-refractivity contribution >= 4 is 15.7 Å². The number of furan rings is 1. The molecule has 2 N–H and O–H groups in total. The van der Waals surface area contributed by atoms with Crippen LogP contribution in [-0.2, 0) is 22.3 Å². The molecule has 1 aromatic carbocycles. The Bertz CT molecular complexity index is 692. The Morgan fingerprint density at radius 3 is 2.50 bits per heavy atom. The van der Waals surface area contributed by atoms with Gasteiger partial charge < -0.3 is 10.2 Å². The van der Waals surface area contributed by atoms with E-state index in [1.807, 2.05) is 13.0 Å². The maximum Gasteiger partial charge on any atom is 0.218 e. The van der Waals surface area contributed by atoms with Crippen molar-refractivity contribution in [2.45, 2.75) is 19.2 Å². The molecule has 5 nitrogen and oxygen atoms in total. The number of sulfonamides is 1. The third-order valence-electron chi connectivity index (χ3n) is 3.04. The van der Waals surface area contributed by atoms with Crippen molar-refractivity contribution in [2.24, 2.45) is 0 Å². The molecule has 0 bridgehead atoms. The first-order valence-corrected chi connectivity index (χ1v) is 7.82. The molecule has 2 rings (SSSR count). The highest BCUT2D eigenvalue weighted by atomic mass is 32.2. The summed E-state index contributed by atoms with van der Waals surface area (Å²) in [5.74, 6) is 1.27. The number of nitrogen functional groups attached to an aromatic ring is 1. The van der Waals surface area contributed by atoms with E-state index in [0.29, 0.717) is 17.0 Å². The molecule has 108 valence electrons. The second-order valence-electron chi connectivity index (χ2n) is 4.72. The van der Waals surface area contributed by atoms with Gasteiger partial charge >= 0.3 is 0 Å². The Morgan fingerprint density at radius 1 is 1.20 bits per heavy atom. The highest BCUT2D eigenvalue weighted by molar-refractivity contribution is 7.88. The highest BCUT2D eigenvalue weighted by Gasteiger charge is 2.20. The topological polar surface area (TPSA) is 76.5 Å². The molecule has 6 heteroatoms. The number of nitrogens with two attached hydrogens (primary N) is 1. The fourth-order valence-electron chi connectivity index (χ4n) is 1.86. The van der Waals surface area contributed by atoms with Gasteiger partial charge in [-0.25, -0.2) is 8.42 Å². The van der Waals surface area contributed by atoms with E-state index >= 15 is 0 Å². The van der Waals surface area contributed by atoms with Crippen LogP contribution in [-0.4, -0.2) is 19.8 Å². The van der Waals surface area contributed by atoms with Crippen LogP contribution in [0.3, 0.4) is 0 Å². The van der Waals surface area contributed by atoms with E-state index in [9.17, 15) is 8.42 Å². The van der Waals surface area contributed by atoms with Gasteiger partial charge in [0.25, 0.3) is 0 Å². The minimum atomic E-state index is -3.43. The zero-order chi connectivity index (χ0) is 14.8. The molecule has 0 unspecified atom stereocenters. The lowest BCUT2D eigenvalue weighted by molar-refractivity contribution is 0.397. The molecule has 0 spiro atoms. The van der Waals surface area contributed by atoms with Crippen LogP contribution in [0.1, 0.15) is 17.1 Å². The average molecular weight is 294 g/mol. The van der Waals surface area contributed by atoms with Gasteiger partial charge in [-0.15, -0.1) is 0 Å². The van der Waals surface area contributed by atoms with E-state index in [1.54, 1.807) is 30.3 Å². The van der Waals surface area contributed by atoms with Gasteiger partial charge in [0, 0.05) is 12.7 Å². The Hall–Kier alpha value is -1.79. The SMILES string of the molecule is Cc1ccc(CN(C)S(=O)(=O)Cc2ccccc2N)o1. The van der Waals surface area contributed by atoms with Crippen LogP contribution in [0.4, 0.5) is 5.69 Å². The predicted molar refractivity (Wildman–Crippen MR) is 78.4 cm³/mol. The number of para-hydroxylation sites is 1. The molecule has 0 radical (unpaired) electrons. The lowest BCUT2D eigenvalue weighted by Crippen LogP contribution is -2.27. The van der Waals surface area contributed by atoms with Crippen molar-refractivity contribution in [3.05, 3.63) is 53.5 Å². The van der Waals surface area contributed by atoms with Gasteiger partial charge in [-0.2, -0.15) is 4.31 Å². The minimum absolute atomic E-state index is 0.115. The number of nitrogens with zero attached hydrogens (tertiary/aromatic N) is 1. The van der Waals surface area contributed by atoms with Crippen molar-refractivity contribution in [2.75, 3.05) is 12.8 Å². The van der Waals surface area contributed by atoms with E-state index in [0.717, 1.165) is 5.76 Å². The molecular formula is C14H18N2O3S. The largest absolute Gasteiger partial charge is 0.465 e. The Kier molecular flexibility index (Phi) is 4.15. The van der Waals surface area contributed by atoms with Crippen LogP contribution >= 0.6 is 0 Å². The van der Waals surface area contributed by atoms with Crippen LogP contribution in [0.2, 0.25) is 0 Å². The number of benzene rings is 1. The van der Waals surface area contributed by atoms with E-state index in [4.69, 9.17) is 10.2 Å². The van der Waals surface area contributed by atoms with Gasteiger partial charge in [0.15, 0.2) is 0 Å². The summed E-state index contributed by atoms with van der Waals surface area (Å²) in [6.07, 6.45) is 0. The molecule has 0 fully saturated rings. The second kappa shape index (κ2) is 5.68. The molecule has 0 saturated carbocycles. The maximum atomic E-state index is 12.3. The number of aryl methyl sites for hydroxylation is 1. The normalized spacial score (nSPS) is 11.9. The summed E-state index contributed by atoms with van der Waals surface area (Å²) in [5.41, 5.74) is 6.87. The minimum Gasteiger partial charge on any atom is -0.465 e. The number of rotatable bonds is 5. The van der Waals surface area contributed by atoms with Crippen LogP contribution in [0, 0.1) is 6.92 Å². The molecule has 0 atom stereocenters. The summed E-state index contributed by atoms with van der Waals surface area (Å²) in [5, 5.41) is 0. The fraction of sp³-hybridized carbons (Fsp3) is 0.286. The summed E-state index contributed by atoms with van der Waals surface area (Å²) in [6, 6.07) is 10.6. The van der Waals surface area contributed by atoms with Crippen molar-refractivity contribution < 1.29 is 12.8 Å². The molecule has 2 aromatic rings. The van der Waals surface area contributed by atoms with Crippen molar-refractivity contribution in [3.63, 3.8) is 0 Å². The van der Waals surface area contributed by atoms with Crippen molar-refractivity contribution in [1.29, 1.82) is 0 Å². The first kappa shape index (κ1) is 14.6. The monoisotopic (exact) mass is 294 g/mol. The highest BCUT2D eigenvalue weighted by Crippen LogP contribution is 2.18. The summed E-state index contributed by atoms with van der Waals surface area (Å²) < 4.78 is 31.3. The number of anilines is 1. The number of hydrogen-bond acceptors (Lipinski definition) is 4. The average Bonchev–Trinajstić information content (AvgIpc) is 2.77. The lowest BCUT2D eigenvalue weighted by Gasteiger charge is -2.16. The third-order valence-corrected chi connectivity index (χ3v) is 4.80. The molecule has 0 saturated heterocycles. The van der Waals surface area contributed by atoms with Crippen LogP contribution < -0.4 is 5.73 Å². The first-order valence-electron chi connectivity index (χ1n) is 6.21. The smallest absolute Gasteiger partial charge is 0.218 e. The summed E-state index contributed by atoms with van der Waals surface area (Å²) in [4.78, 5) is 0. The summed E-state index contributed by atoms with van der Waals surface area (Å²) in [6.45, 7) is 2.03. The number of hydrogen-bond donors (Lipinski definition) is 1. The summed E-state index contributed by atoms with van der Waals surface area (Å²) >= 11 is 0. The Morgan fingerprint density at radius 2 is 1.90 bits per heavy atom. The maximum absolute atomic E-state index is 12.3. The Labute approximate surface area is 119 Å². The van der Waals surface area contributed by atoms with Crippen LogP contribution in [0.5, 0.6) is 0 Å². The molecular weight excluding hydrogens is 276 g/mol. The first-order chi connectivity index (χ1) is 9.38. The lowest BCUT2D eigenvalue weighted by atomic mass is 10.2. The van der Waals surface area contributed by atoms with Crippen LogP contribution in [0.15, 0.2) is 40.8 Å². The van der Waals surface area contributed by atoms with Gasteiger partial charge in [-0.05, 0) is 30.7 Å². The molecule has 20 heavy (non-hydrogen) atoms. The van der Waals surface area contributed by atoms with E-state index < -0.39 is 10.0 Å².